The lowest BCUT2D eigenvalue weighted by atomic mass is 9.97. The van der Waals surface area contributed by atoms with Crippen LogP contribution in [-0.4, -0.2) is 43.5 Å². The molecule has 3 heterocycles. The standard InChI is InChI=1S/C17H17N7O3/c25-14-8-11(6-7-18-14)16-21-15(27-23-16)10-19-17(26)13-9-20-24(22-13)12-4-2-1-3-5-12/h1-5,9,11H,6-8,10H2,(H,18,25)(H,19,26). The average molecular weight is 367 g/mol. The number of hydrogen-bond donors (Lipinski definition) is 2. The number of para-hydroxylation sites is 1. The van der Waals surface area contributed by atoms with Gasteiger partial charge in [0.05, 0.1) is 18.4 Å². The molecule has 2 N–H and O–H groups in total. The summed E-state index contributed by atoms with van der Waals surface area (Å²) in [5.74, 6) is 0.294. The molecular weight excluding hydrogens is 350 g/mol. The summed E-state index contributed by atoms with van der Waals surface area (Å²) >= 11 is 0. The van der Waals surface area contributed by atoms with Gasteiger partial charge in [-0.1, -0.05) is 23.4 Å². The lowest BCUT2D eigenvalue weighted by molar-refractivity contribution is -0.122. The lowest BCUT2D eigenvalue weighted by Crippen LogP contribution is -2.32. The summed E-state index contributed by atoms with van der Waals surface area (Å²) in [4.78, 5) is 29.4. The van der Waals surface area contributed by atoms with Gasteiger partial charge in [-0.15, -0.1) is 5.10 Å². The Hall–Kier alpha value is -3.56. The molecule has 0 aliphatic carbocycles. The molecule has 0 spiro atoms. The van der Waals surface area contributed by atoms with E-state index < -0.39 is 5.91 Å². The van der Waals surface area contributed by atoms with E-state index in [9.17, 15) is 9.59 Å². The van der Waals surface area contributed by atoms with Crippen LogP contribution < -0.4 is 10.6 Å². The van der Waals surface area contributed by atoms with E-state index in [4.69, 9.17) is 4.52 Å². The van der Waals surface area contributed by atoms with Crippen molar-refractivity contribution in [2.75, 3.05) is 6.54 Å². The Labute approximate surface area is 153 Å². The first-order valence-electron chi connectivity index (χ1n) is 8.54. The van der Waals surface area contributed by atoms with Crippen LogP contribution in [-0.2, 0) is 11.3 Å². The molecule has 10 heteroatoms. The van der Waals surface area contributed by atoms with Gasteiger partial charge < -0.3 is 15.2 Å². The number of nitrogens with one attached hydrogen (secondary N) is 2. The average Bonchev–Trinajstić information content (AvgIpc) is 3.37. The van der Waals surface area contributed by atoms with E-state index in [1.165, 1.54) is 11.0 Å². The van der Waals surface area contributed by atoms with Gasteiger partial charge in [0.1, 0.15) is 0 Å². The first-order valence-corrected chi connectivity index (χ1v) is 8.54. The molecule has 1 aliphatic rings. The van der Waals surface area contributed by atoms with Gasteiger partial charge in [-0.3, -0.25) is 9.59 Å². The van der Waals surface area contributed by atoms with Crippen LogP contribution in [0.4, 0.5) is 0 Å². The number of amides is 2. The van der Waals surface area contributed by atoms with Gasteiger partial charge in [0.15, 0.2) is 11.5 Å². The van der Waals surface area contributed by atoms with Crippen LogP contribution in [0.3, 0.4) is 0 Å². The lowest BCUT2D eigenvalue weighted by Gasteiger charge is -2.18. The van der Waals surface area contributed by atoms with E-state index in [2.05, 4.69) is 31.0 Å². The van der Waals surface area contributed by atoms with Crippen LogP contribution in [0.15, 0.2) is 41.1 Å². The highest BCUT2D eigenvalue weighted by Gasteiger charge is 2.25. The zero-order valence-corrected chi connectivity index (χ0v) is 14.3. The number of carbonyl (C=O) groups excluding carboxylic acids is 2. The largest absolute Gasteiger partial charge is 0.356 e. The fourth-order valence-corrected chi connectivity index (χ4v) is 2.81. The summed E-state index contributed by atoms with van der Waals surface area (Å²) in [5.41, 5.74) is 0.942. The van der Waals surface area contributed by atoms with Crippen molar-refractivity contribution in [1.82, 2.24) is 35.8 Å². The van der Waals surface area contributed by atoms with Gasteiger partial charge in [0.25, 0.3) is 5.91 Å². The molecule has 1 saturated heterocycles. The number of nitrogens with zero attached hydrogens (tertiary/aromatic N) is 5. The van der Waals surface area contributed by atoms with Crippen molar-refractivity contribution in [2.24, 2.45) is 0 Å². The van der Waals surface area contributed by atoms with Crippen LogP contribution in [0.2, 0.25) is 0 Å². The third-order valence-corrected chi connectivity index (χ3v) is 4.21. The zero-order chi connectivity index (χ0) is 18.6. The first kappa shape index (κ1) is 16.9. The van der Waals surface area contributed by atoms with Gasteiger partial charge in [-0.2, -0.15) is 14.9 Å². The van der Waals surface area contributed by atoms with Crippen LogP contribution in [0.1, 0.15) is 41.0 Å². The molecule has 27 heavy (non-hydrogen) atoms. The summed E-state index contributed by atoms with van der Waals surface area (Å²) in [7, 11) is 0. The molecule has 1 aromatic carbocycles. The van der Waals surface area contributed by atoms with Crippen LogP contribution in [0.5, 0.6) is 0 Å². The van der Waals surface area contributed by atoms with Crippen LogP contribution in [0, 0.1) is 0 Å². The minimum atomic E-state index is -0.394. The maximum absolute atomic E-state index is 12.2. The summed E-state index contributed by atoms with van der Waals surface area (Å²) in [6.07, 6.45) is 2.50. The van der Waals surface area contributed by atoms with E-state index >= 15 is 0 Å². The number of piperidine rings is 1. The molecule has 2 aromatic heterocycles. The van der Waals surface area contributed by atoms with Gasteiger partial charge >= 0.3 is 0 Å². The van der Waals surface area contributed by atoms with Crippen LogP contribution >= 0.6 is 0 Å². The van der Waals surface area contributed by atoms with Crippen molar-refractivity contribution in [2.45, 2.75) is 25.3 Å². The Bertz CT molecular complexity index is 950. The predicted octanol–water partition coefficient (Wildman–Crippen LogP) is 0.574. The Morgan fingerprint density at radius 1 is 1.33 bits per heavy atom. The molecule has 138 valence electrons. The smallest absolute Gasteiger partial charge is 0.273 e. The van der Waals surface area contributed by atoms with E-state index in [1.807, 2.05) is 30.3 Å². The molecule has 0 radical (unpaired) electrons. The molecule has 1 aliphatic heterocycles. The molecule has 2 amide bonds. The zero-order valence-electron chi connectivity index (χ0n) is 14.3. The molecule has 0 saturated carbocycles. The van der Waals surface area contributed by atoms with Gasteiger partial charge in [-0.25, -0.2) is 0 Å². The van der Waals surface area contributed by atoms with Gasteiger partial charge in [-0.05, 0) is 18.6 Å². The molecule has 0 bridgehead atoms. The minimum Gasteiger partial charge on any atom is -0.356 e. The summed E-state index contributed by atoms with van der Waals surface area (Å²) < 4.78 is 5.17. The van der Waals surface area contributed by atoms with Gasteiger partial charge in [0, 0.05) is 18.9 Å². The molecule has 10 nitrogen and oxygen atoms in total. The predicted molar refractivity (Wildman–Crippen MR) is 91.8 cm³/mol. The number of hydrogen-bond acceptors (Lipinski definition) is 7. The maximum atomic E-state index is 12.2. The third kappa shape index (κ3) is 3.84. The van der Waals surface area contributed by atoms with E-state index in [-0.39, 0.29) is 30.0 Å². The maximum Gasteiger partial charge on any atom is 0.273 e. The molecular formula is C17H17N7O3. The summed E-state index contributed by atoms with van der Waals surface area (Å²) in [6.45, 7) is 0.671. The highest BCUT2D eigenvalue weighted by molar-refractivity contribution is 5.91. The molecule has 4 rings (SSSR count). The quantitative estimate of drug-likeness (QED) is 0.675. The first-order chi connectivity index (χ1) is 13.2. The second-order valence-electron chi connectivity index (χ2n) is 6.12. The molecule has 1 atom stereocenters. The topological polar surface area (TPSA) is 128 Å². The van der Waals surface area contributed by atoms with Crippen molar-refractivity contribution in [3.63, 3.8) is 0 Å². The van der Waals surface area contributed by atoms with Crippen molar-refractivity contribution < 1.29 is 14.1 Å². The highest BCUT2D eigenvalue weighted by atomic mass is 16.5. The highest BCUT2D eigenvalue weighted by Crippen LogP contribution is 2.22. The normalized spacial score (nSPS) is 16.7. The van der Waals surface area contributed by atoms with E-state index in [0.717, 1.165) is 12.1 Å². The Morgan fingerprint density at radius 3 is 3.00 bits per heavy atom. The van der Waals surface area contributed by atoms with E-state index in [1.54, 1.807) is 0 Å². The summed E-state index contributed by atoms with van der Waals surface area (Å²) in [5, 5.41) is 17.6. The fraction of sp³-hybridized carbons (Fsp3) is 0.294. The summed E-state index contributed by atoms with van der Waals surface area (Å²) in [6, 6.07) is 9.29. The van der Waals surface area contributed by atoms with Crippen LogP contribution in [0.25, 0.3) is 5.69 Å². The molecule has 1 unspecified atom stereocenters. The van der Waals surface area contributed by atoms with Crippen molar-refractivity contribution >= 4 is 11.8 Å². The Morgan fingerprint density at radius 2 is 2.19 bits per heavy atom. The van der Waals surface area contributed by atoms with Crippen molar-refractivity contribution in [3.8, 4) is 5.69 Å². The second-order valence-corrected chi connectivity index (χ2v) is 6.12. The number of benzene rings is 1. The SMILES string of the molecule is O=C1CC(c2noc(CNC(=O)c3cnn(-c4ccccc4)n3)n2)CCN1. The number of carbonyl (C=O) groups is 2. The monoisotopic (exact) mass is 367 g/mol. The Kier molecular flexibility index (Phi) is 4.60. The fourth-order valence-electron chi connectivity index (χ4n) is 2.81. The van der Waals surface area contributed by atoms with Crippen molar-refractivity contribution in [1.29, 1.82) is 0 Å². The number of rotatable bonds is 5. The Balaban J connectivity index is 1.36. The van der Waals surface area contributed by atoms with E-state index in [0.29, 0.717) is 18.8 Å². The van der Waals surface area contributed by atoms with Crippen molar-refractivity contribution in [3.05, 3.63) is 53.9 Å². The second kappa shape index (κ2) is 7.36. The molecule has 3 aromatic rings. The molecule has 1 fully saturated rings. The third-order valence-electron chi connectivity index (χ3n) is 4.21. The number of aromatic nitrogens is 5. The minimum absolute atomic E-state index is 0.0209. The van der Waals surface area contributed by atoms with Gasteiger partial charge in [0.2, 0.25) is 11.8 Å².